The van der Waals surface area contributed by atoms with E-state index in [-0.39, 0.29) is 23.3 Å². The Morgan fingerprint density at radius 3 is 2.85 bits per heavy atom. The van der Waals surface area contributed by atoms with Crippen molar-refractivity contribution in [3.63, 3.8) is 0 Å². The zero-order valence-electron chi connectivity index (χ0n) is 14.8. The highest BCUT2D eigenvalue weighted by Gasteiger charge is 2.13. The number of carbonyl (C=O) groups excluding carboxylic acids is 1. The molecule has 1 N–H and O–H groups in total. The molecule has 0 aliphatic rings. The topological polar surface area (TPSA) is 64.0 Å². The summed E-state index contributed by atoms with van der Waals surface area (Å²) in [7, 11) is 1.69. The SMILES string of the molecule is CC(CCc1ccccc1)NC(=O)CSc1nc2ccsc2c(=O)n1C. The Hall–Kier alpha value is -2.12. The first-order chi connectivity index (χ1) is 12.5. The quantitative estimate of drug-likeness (QED) is 0.499. The molecule has 136 valence electrons. The molecule has 26 heavy (non-hydrogen) atoms. The lowest BCUT2D eigenvalue weighted by Crippen LogP contribution is -2.34. The van der Waals surface area contributed by atoms with Crippen LogP contribution in [0, 0.1) is 0 Å². The standard InChI is InChI=1S/C19H21N3O2S2/c1-13(8-9-14-6-4-3-5-7-14)20-16(23)12-26-19-21-15-10-11-25-17(15)18(24)22(19)2/h3-7,10-11,13H,8-9,12H2,1-2H3,(H,20,23). The summed E-state index contributed by atoms with van der Waals surface area (Å²) in [6, 6.07) is 12.2. The van der Waals surface area contributed by atoms with Gasteiger partial charge in [-0.2, -0.15) is 0 Å². The number of rotatable bonds is 7. The lowest BCUT2D eigenvalue weighted by molar-refractivity contribution is -0.119. The first kappa shape index (κ1) is 18.7. The minimum atomic E-state index is -0.0656. The fraction of sp³-hybridized carbons (Fsp3) is 0.316. The van der Waals surface area contributed by atoms with Crippen molar-refractivity contribution in [2.75, 3.05) is 5.75 Å². The fourth-order valence-corrected chi connectivity index (χ4v) is 4.23. The average Bonchev–Trinajstić information content (AvgIpc) is 3.11. The number of nitrogens with one attached hydrogen (secondary N) is 1. The Balaban J connectivity index is 1.52. The summed E-state index contributed by atoms with van der Waals surface area (Å²) in [4.78, 5) is 29.0. The molecule has 1 amide bonds. The number of amides is 1. The van der Waals surface area contributed by atoms with Crippen molar-refractivity contribution in [1.29, 1.82) is 0 Å². The molecule has 3 aromatic rings. The van der Waals surface area contributed by atoms with Crippen molar-refractivity contribution in [2.45, 2.75) is 31.0 Å². The smallest absolute Gasteiger partial charge is 0.271 e. The van der Waals surface area contributed by atoms with Crippen LogP contribution in [0.3, 0.4) is 0 Å². The summed E-state index contributed by atoms with van der Waals surface area (Å²) < 4.78 is 2.16. The molecule has 0 saturated heterocycles. The Morgan fingerprint density at radius 1 is 1.31 bits per heavy atom. The number of thiophene rings is 1. The molecule has 7 heteroatoms. The van der Waals surface area contributed by atoms with Crippen LogP contribution < -0.4 is 10.9 Å². The van der Waals surface area contributed by atoms with Gasteiger partial charge in [0.2, 0.25) is 5.91 Å². The van der Waals surface area contributed by atoms with Crippen molar-refractivity contribution in [3.8, 4) is 0 Å². The third-order valence-electron chi connectivity index (χ3n) is 4.09. The van der Waals surface area contributed by atoms with E-state index in [1.807, 2.05) is 36.6 Å². The van der Waals surface area contributed by atoms with Gasteiger partial charge in [0.1, 0.15) is 4.70 Å². The lowest BCUT2D eigenvalue weighted by atomic mass is 10.1. The number of benzene rings is 1. The highest BCUT2D eigenvalue weighted by atomic mass is 32.2. The van der Waals surface area contributed by atoms with Crippen molar-refractivity contribution >= 4 is 39.2 Å². The maximum atomic E-state index is 12.3. The molecule has 2 aromatic heterocycles. The lowest BCUT2D eigenvalue weighted by Gasteiger charge is -2.14. The van der Waals surface area contributed by atoms with E-state index in [4.69, 9.17) is 0 Å². The molecule has 1 atom stereocenters. The molecule has 0 bridgehead atoms. The number of hydrogen-bond acceptors (Lipinski definition) is 5. The van der Waals surface area contributed by atoms with Gasteiger partial charge in [-0.25, -0.2) is 4.98 Å². The number of aryl methyl sites for hydroxylation is 1. The Labute approximate surface area is 160 Å². The van der Waals surface area contributed by atoms with Gasteiger partial charge < -0.3 is 5.32 Å². The molecule has 3 rings (SSSR count). The summed E-state index contributed by atoms with van der Waals surface area (Å²) in [6.07, 6.45) is 1.82. The van der Waals surface area contributed by atoms with E-state index in [1.54, 1.807) is 7.05 Å². The predicted molar refractivity (Wildman–Crippen MR) is 108 cm³/mol. The maximum absolute atomic E-state index is 12.3. The maximum Gasteiger partial charge on any atom is 0.271 e. The second-order valence-corrected chi connectivity index (χ2v) is 8.03. The van der Waals surface area contributed by atoms with E-state index in [0.29, 0.717) is 15.4 Å². The summed E-state index contributed by atoms with van der Waals surface area (Å²) >= 11 is 2.68. The Bertz CT molecular complexity index is 950. The van der Waals surface area contributed by atoms with Crippen LogP contribution in [-0.4, -0.2) is 27.3 Å². The van der Waals surface area contributed by atoms with Gasteiger partial charge in [0.25, 0.3) is 5.56 Å². The van der Waals surface area contributed by atoms with Crippen molar-refractivity contribution in [1.82, 2.24) is 14.9 Å². The first-order valence-corrected chi connectivity index (χ1v) is 10.3. The molecule has 0 spiro atoms. The molecule has 0 saturated carbocycles. The molecule has 1 aromatic carbocycles. The third-order valence-corrected chi connectivity index (χ3v) is 6.02. The highest BCUT2D eigenvalue weighted by molar-refractivity contribution is 7.99. The summed E-state index contributed by atoms with van der Waals surface area (Å²) in [6.45, 7) is 2.01. The minimum Gasteiger partial charge on any atom is -0.353 e. The third kappa shape index (κ3) is 4.53. The van der Waals surface area contributed by atoms with Gasteiger partial charge in [-0.1, -0.05) is 42.1 Å². The van der Waals surface area contributed by atoms with E-state index < -0.39 is 0 Å². The monoisotopic (exact) mass is 387 g/mol. The molecule has 0 aliphatic carbocycles. The summed E-state index contributed by atoms with van der Waals surface area (Å²) in [5.74, 6) is 0.196. The van der Waals surface area contributed by atoms with E-state index in [0.717, 1.165) is 12.8 Å². The fourth-order valence-electron chi connectivity index (χ4n) is 2.64. The van der Waals surface area contributed by atoms with E-state index >= 15 is 0 Å². The second-order valence-electron chi connectivity index (χ2n) is 6.18. The molecule has 0 aliphatic heterocycles. The number of thioether (sulfide) groups is 1. The molecule has 2 heterocycles. The van der Waals surface area contributed by atoms with Crippen LogP contribution in [-0.2, 0) is 18.3 Å². The van der Waals surface area contributed by atoms with Crippen LogP contribution in [0.2, 0.25) is 0 Å². The van der Waals surface area contributed by atoms with Crippen molar-refractivity contribution in [3.05, 3.63) is 57.7 Å². The van der Waals surface area contributed by atoms with Gasteiger partial charge in [0.15, 0.2) is 5.16 Å². The van der Waals surface area contributed by atoms with Crippen LogP contribution >= 0.6 is 23.1 Å². The van der Waals surface area contributed by atoms with Gasteiger partial charge in [-0.3, -0.25) is 14.2 Å². The number of carbonyl (C=O) groups is 1. The number of hydrogen-bond donors (Lipinski definition) is 1. The largest absolute Gasteiger partial charge is 0.353 e. The van der Waals surface area contributed by atoms with Crippen molar-refractivity contribution < 1.29 is 4.79 Å². The molecule has 1 unspecified atom stereocenters. The Morgan fingerprint density at radius 2 is 2.08 bits per heavy atom. The Kier molecular flexibility index (Phi) is 6.11. The van der Waals surface area contributed by atoms with Crippen LogP contribution in [0.1, 0.15) is 18.9 Å². The first-order valence-electron chi connectivity index (χ1n) is 8.45. The number of fused-ring (bicyclic) bond motifs is 1. The van der Waals surface area contributed by atoms with E-state index in [2.05, 4.69) is 22.4 Å². The van der Waals surface area contributed by atoms with Crippen LogP contribution in [0.15, 0.2) is 51.7 Å². The normalized spacial score (nSPS) is 12.2. The highest BCUT2D eigenvalue weighted by Crippen LogP contribution is 2.20. The zero-order chi connectivity index (χ0) is 18.5. The van der Waals surface area contributed by atoms with Gasteiger partial charge in [0.05, 0.1) is 11.3 Å². The van der Waals surface area contributed by atoms with E-state index in [1.165, 1.54) is 33.2 Å². The van der Waals surface area contributed by atoms with Gasteiger partial charge >= 0.3 is 0 Å². The molecule has 0 fully saturated rings. The van der Waals surface area contributed by atoms with Gasteiger partial charge in [-0.15, -0.1) is 11.3 Å². The van der Waals surface area contributed by atoms with Crippen LogP contribution in [0.25, 0.3) is 10.2 Å². The number of nitrogens with zero attached hydrogens (tertiary/aromatic N) is 2. The van der Waals surface area contributed by atoms with E-state index in [9.17, 15) is 9.59 Å². The molecular formula is C19H21N3O2S2. The second kappa shape index (κ2) is 8.51. The molecule has 0 radical (unpaired) electrons. The van der Waals surface area contributed by atoms with Gasteiger partial charge in [0, 0.05) is 13.1 Å². The minimum absolute atomic E-state index is 0.0461. The summed E-state index contributed by atoms with van der Waals surface area (Å²) in [5.41, 5.74) is 1.90. The zero-order valence-corrected chi connectivity index (χ0v) is 16.4. The predicted octanol–water partition coefficient (Wildman–Crippen LogP) is 3.22. The molecule has 5 nitrogen and oxygen atoms in total. The van der Waals surface area contributed by atoms with Crippen LogP contribution in [0.4, 0.5) is 0 Å². The van der Waals surface area contributed by atoms with Gasteiger partial charge in [-0.05, 0) is 36.8 Å². The van der Waals surface area contributed by atoms with Crippen molar-refractivity contribution in [2.24, 2.45) is 7.05 Å². The average molecular weight is 388 g/mol. The molecular weight excluding hydrogens is 366 g/mol. The van der Waals surface area contributed by atoms with Crippen LogP contribution in [0.5, 0.6) is 0 Å². The number of aromatic nitrogens is 2. The summed E-state index contributed by atoms with van der Waals surface area (Å²) in [5, 5.41) is 5.43.